The molecule has 0 spiro atoms. The van der Waals surface area contributed by atoms with Crippen molar-refractivity contribution in [3.63, 3.8) is 0 Å². The molecule has 7 heteroatoms. The van der Waals surface area contributed by atoms with Crippen LogP contribution in [0.3, 0.4) is 0 Å². The van der Waals surface area contributed by atoms with E-state index in [-0.39, 0.29) is 17.3 Å². The van der Waals surface area contributed by atoms with Crippen molar-refractivity contribution >= 4 is 28.6 Å². The first kappa shape index (κ1) is 23.7. The van der Waals surface area contributed by atoms with E-state index in [1.54, 1.807) is 16.7 Å². The number of carbonyl (C=O) groups excluding carboxylic acids is 1. The van der Waals surface area contributed by atoms with Crippen molar-refractivity contribution in [3.05, 3.63) is 106 Å². The third kappa shape index (κ3) is 6.32. The Morgan fingerprint density at radius 3 is 2.56 bits per heavy atom. The van der Waals surface area contributed by atoms with Crippen LogP contribution in [0.4, 0.5) is 4.39 Å². The van der Waals surface area contributed by atoms with Crippen LogP contribution >= 0.6 is 11.8 Å². The first-order valence-corrected chi connectivity index (χ1v) is 12.3. The van der Waals surface area contributed by atoms with Gasteiger partial charge in [0.15, 0.2) is 5.16 Å². The minimum Gasteiger partial charge on any atom is -0.356 e. The molecule has 1 aromatic heterocycles. The summed E-state index contributed by atoms with van der Waals surface area (Å²) in [6.07, 6.45) is 1.62. The molecule has 0 aliphatic rings. The fourth-order valence-corrected chi connectivity index (χ4v) is 4.67. The number of aromatic nitrogens is 2. The van der Waals surface area contributed by atoms with E-state index < -0.39 is 0 Å². The normalized spacial score (nSPS) is 11.0. The summed E-state index contributed by atoms with van der Waals surface area (Å²) >= 11 is 1.39. The van der Waals surface area contributed by atoms with Gasteiger partial charge >= 0.3 is 0 Å². The van der Waals surface area contributed by atoms with Crippen molar-refractivity contribution in [1.29, 1.82) is 0 Å². The van der Waals surface area contributed by atoms with E-state index in [1.807, 2.05) is 54.6 Å². The van der Waals surface area contributed by atoms with Gasteiger partial charge in [-0.3, -0.25) is 14.2 Å². The number of hydrogen-bond acceptors (Lipinski definition) is 4. The molecular weight excluding hydrogens is 449 g/mol. The van der Waals surface area contributed by atoms with Crippen LogP contribution in [0.5, 0.6) is 0 Å². The van der Waals surface area contributed by atoms with Gasteiger partial charge in [-0.2, -0.15) is 0 Å². The maximum Gasteiger partial charge on any atom is 0.262 e. The largest absolute Gasteiger partial charge is 0.356 e. The molecule has 0 unspecified atom stereocenters. The smallest absolute Gasteiger partial charge is 0.262 e. The maximum absolute atomic E-state index is 13.6. The second kappa shape index (κ2) is 11.6. The standard InChI is InChI=1S/C27H26FN3O2S/c28-22-11-6-10-21(18-22)19-34-27-30-24-13-5-4-12-23(24)26(33)31(27)17-7-14-25(32)29-16-15-20-8-2-1-3-9-20/h1-6,8-13,18H,7,14-17,19H2,(H,29,32). The van der Waals surface area contributed by atoms with Crippen molar-refractivity contribution in [2.24, 2.45) is 0 Å². The Morgan fingerprint density at radius 1 is 0.971 bits per heavy atom. The Kier molecular flexibility index (Phi) is 8.09. The molecule has 5 nitrogen and oxygen atoms in total. The summed E-state index contributed by atoms with van der Waals surface area (Å²) in [6.45, 7) is 0.962. The summed E-state index contributed by atoms with van der Waals surface area (Å²) in [5.74, 6) is 0.162. The van der Waals surface area contributed by atoms with Crippen LogP contribution in [-0.4, -0.2) is 22.0 Å². The summed E-state index contributed by atoms with van der Waals surface area (Å²) in [5, 5.41) is 4.06. The zero-order valence-electron chi connectivity index (χ0n) is 18.7. The molecule has 1 amide bonds. The summed E-state index contributed by atoms with van der Waals surface area (Å²) in [4.78, 5) is 30.1. The number of nitrogens with zero attached hydrogens (tertiary/aromatic N) is 2. The van der Waals surface area contributed by atoms with Gasteiger partial charge in [-0.15, -0.1) is 0 Å². The average molecular weight is 476 g/mol. The van der Waals surface area contributed by atoms with E-state index in [0.29, 0.717) is 47.7 Å². The van der Waals surface area contributed by atoms with Gasteiger partial charge in [0.2, 0.25) is 5.91 Å². The predicted molar refractivity (Wildman–Crippen MR) is 134 cm³/mol. The highest BCUT2D eigenvalue weighted by molar-refractivity contribution is 7.98. The summed E-state index contributed by atoms with van der Waals surface area (Å²) in [5.41, 5.74) is 2.49. The lowest BCUT2D eigenvalue weighted by molar-refractivity contribution is -0.121. The summed E-state index contributed by atoms with van der Waals surface area (Å²) < 4.78 is 15.2. The van der Waals surface area contributed by atoms with Gasteiger partial charge in [-0.25, -0.2) is 9.37 Å². The van der Waals surface area contributed by atoms with E-state index >= 15 is 0 Å². The fraction of sp³-hybridized carbons (Fsp3) is 0.222. The van der Waals surface area contributed by atoms with Crippen molar-refractivity contribution in [3.8, 4) is 0 Å². The number of hydrogen-bond donors (Lipinski definition) is 1. The molecule has 1 heterocycles. The molecule has 34 heavy (non-hydrogen) atoms. The zero-order valence-corrected chi connectivity index (χ0v) is 19.6. The second-order valence-corrected chi connectivity index (χ2v) is 8.92. The third-order valence-corrected chi connectivity index (χ3v) is 6.50. The molecule has 4 rings (SSSR count). The molecule has 0 fully saturated rings. The minimum atomic E-state index is -0.291. The summed E-state index contributed by atoms with van der Waals surface area (Å²) in [6, 6.07) is 23.6. The van der Waals surface area contributed by atoms with E-state index in [2.05, 4.69) is 10.3 Å². The van der Waals surface area contributed by atoms with Gasteiger partial charge in [0.1, 0.15) is 5.82 Å². The first-order chi connectivity index (χ1) is 16.6. The van der Waals surface area contributed by atoms with E-state index in [9.17, 15) is 14.0 Å². The number of amides is 1. The molecule has 0 saturated heterocycles. The molecule has 0 saturated carbocycles. The molecule has 1 N–H and O–H groups in total. The van der Waals surface area contributed by atoms with Crippen LogP contribution in [0, 0.1) is 5.82 Å². The van der Waals surface area contributed by atoms with Gasteiger partial charge in [-0.05, 0) is 48.2 Å². The van der Waals surface area contributed by atoms with Crippen LogP contribution in [0.1, 0.15) is 24.0 Å². The number of para-hydroxylation sites is 1. The van der Waals surface area contributed by atoms with Crippen LogP contribution < -0.4 is 10.9 Å². The van der Waals surface area contributed by atoms with E-state index in [4.69, 9.17) is 0 Å². The average Bonchev–Trinajstić information content (AvgIpc) is 2.85. The SMILES string of the molecule is O=C(CCCn1c(SCc2cccc(F)c2)nc2ccccc2c1=O)NCCc1ccccc1. The highest BCUT2D eigenvalue weighted by Crippen LogP contribution is 2.23. The van der Waals surface area contributed by atoms with Crippen LogP contribution in [0.2, 0.25) is 0 Å². The molecule has 0 aliphatic heterocycles. The second-order valence-electron chi connectivity index (χ2n) is 7.98. The Labute approximate surface area is 202 Å². The lowest BCUT2D eigenvalue weighted by Crippen LogP contribution is -2.27. The Bertz CT molecular complexity index is 1320. The molecule has 0 bridgehead atoms. The van der Waals surface area contributed by atoms with Crippen LogP contribution in [0.15, 0.2) is 88.8 Å². The molecule has 0 radical (unpaired) electrons. The number of nitrogens with one attached hydrogen (secondary N) is 1. The quantitative estimate of drug-likeness (QED) is 0.260. The molecule has 0 aliphatic carbocycles. The van der Waals surface area contributed by atoms with Crippen LogP contribution in [0.25, 0.3) is 10.9 Å². The monoisotopic (exact) mass is 475 g/mol. The number of fused-ring (bicyclic) bond motifs is 1. The maximum atomic E-state index is 13.6. The number of benzene rings is 3. The van der Waals surface area contributed by atoms with Gasteiger partial charge in [0.05, 0.1) is 10.9 Å². The Balaban J connectivity index is 1.40. The first-order valence-electron chi connectivity index (χ1n) is 11.3. The Morgan fingerprint density at radius 2 is 1.74 bits per heavy atom. The van der Waals surface area contributed by atoms with Gasteiger partial charge in [0, 0.05) is 25.3 Å². The predicted octanol–water partition coefficient (Wildman–Crippen LogP) is 4.97. The zero-order chi connectivity index (χ0) is 23.8. The Hall–Kier alpha value is -3.45. The number of rotatable bonds is 10. The van der Waals surface area contributed by atoms with Crippen molar-refractivity contribution in [2.75, 3.05) is 6.54 Å². The number of halogens is 1. The molecular formula is C27H26FN3O2S. The van der Waals surface area contributed by atoms with Crippen molar-refractivity contribution in [1.82, 2.24) is 14.9 Å². The minimum absolute atomic E-state index is 0.0355. The highest BCUT2D eigenvalue weighted by atomic mass is 32.2. The lowest BCUT2D eigenvalue weighted by atomic mass is 10.1. The van der Waals surface area contributed by atoms with Gasteiger partial charge in [0.25, 0.3) is 5.56 Å². The number of carbonyl (C=O) groups is 1. The molecule has 0 atom stereocenters. The van der Waals surface area contributed by atoms with Crippen LogP contribution in [-0.2, 0) is 23.5 Å². The topological polar surface area (TPSA) is 64.0 Å². The lowest BCUT2D eigenvalue weighted by Gasteiger charge is -2.13. The summed E-state index contributed by atoms with van der Waals surface area (Å²) in [7, 11) is 0. The van der Waals surface area contributed by atoms with Gasteiger partial charge in [-0.1, -0.05) is 66.4 Å². The molecule has 4 aromatic rings. The number of thioether (sulfide) groups is 1. The van der Waals surface area contributed by atoms with Gasteiger partial charge < -0.3 is 5.32 Å². The third-order valence-electron chi connectivity index (χ3n) is 5.45. The fourth-order valence-electron chi connectivity index (χ4n) is 3.71. The highest BCUT2D eigenvalue weighted by Gasteiger charge is 2.12. The van der Waals surface area contributed by atoms with E-state index in [1.165, 1.54) is 29.5 Å². The van der Waals surface area contributed by atoms with Crippen molar-refractivity contribution < 1.29 is 9.18 Å². The molecule has 174 valence electrons. The van der Waals surface area contributed by atoms with E-state index in [0.717, 1.165) is 12.0 Å². The molecule has 3 aromatic carbocycles. The van der Waals surface area contributed by atoms with Crippen molar-refractivity contribution in [2.45, 2.75) is 36.7 Å².